The second-order valence-electron chi connectivity index (χ2n) is 8.58. The summed E-state index contributed by atoms with van der Waals surface area (Å²) in [5, 5.41) is 22.4. The molecule has 3 N–H and O–H groups in total. The van der Waals surface area contributed by atoms with Gasteiger partial charge in [-0.15, -0.1) is 0 Å². The molecule has 1 fully saturated rings. The zero-order chi connectivity index (χ0) is 21.0. The van der Waals surface area contributed by atoms with Crippen molar-refractivity contribution in [3.05, 3.63) is 36.0 Å². The third-order valence-electron chi connectivity index (χ3n) is 5.58. The van der Waals surface area contributed by atoms with Crippen molar-refractivity contribution in [2.45, 2.75) is 46.6 Å². The van der Waals surface area contributed by atoms with Gasteiger partial charge in [0.2, 0.25) is 0 Å². The highest BCUT2D eigenvalue weighted by atomic mass is 32.2. The van der Waals surface area contributed by atoms with Crippen LogP contribution in [0.1, 0.15) is 46.1 Å². The van der Waals surface area contributed by atoms with E-state index in [0.29, 0.717) is 22.0 Å². The first-order chi connectivity index (χ1) is 13.8. The smallest absolute Gasteiger partial charge is 0.126 e. The fourth-order valence-electron chi connectivity index (χ4n) is 4.08. The van der Waals surface area contributed by atoms with Gasteiger partial charge < -0.3 is 10.2 Å². The van der Waals surface area contributed by atoms with E-state index in [-0.39, 0.29) is 0 Å². The van der Waals surface area contributed by atoms with Crippen LogP contribution in [0, 0.1) is 22.7 Å². The van der Waals surface area contributed by atoms with E-state index in [1.54, 1.807) is 6.92 Å². The van der Waals surface area contributed by atoms with Gasteiger partial charge in [0.05, 0.1) is 5.04 Å². The van der Waals surface area contributed by atoms with Crippen LogP contribution >= 0.6 is 11.8 Å². The zero-order valence-corrected chi connectivity index (χ0v) is 18.8. The molecule has 1 aromatic heterocycles. The highest BCUT2D eigenvalue weighted by Crippen LogP contribution is 2.25. The van der Waals surface area contributed by atoms with E-state index in [1.807, 2.05) is 24.4 Å². The second-order valence-corrected chi connectivity index (χ2v) is 9.81. The molecule has 29 heavy (non-hydrogen) atoms. The van der Waals surface area contributed by atoms with E-state index in [9.17, 15) is 0 Å². The molecule has 1 aliphatic rings. The fourth-order valence-corrected chi connectivity index (χ4v) is 4.63. The van der Waals surface area contributed by atoms with Crippen LogP contribution in [0.25, 0.3) is 10.8 Å². The molecule has 2 aromatic rings. The van der Waals surface area contributed by atoms with Crippen molar-refractivity contribution in [3.8, 4) is 0 Å². The van der Waals surface area contributed by atoms with Gasteiger partial charge in [-0.25, -0.2) is 4.98 Å². The normalized spacial score (nSPS) is 16.9. The molecular formula is C23H33N5S. The summed E-state index contributed by atoms with van der Waals surface area (Å²) in [4.78, 5) is 7.19. The Morgan fingerprint density at radius 1 is 1.17 bits per heavy atom. The molecule has 1 atom stereocenters. The molecule has 1 aromatic carbocycles. The number of aromatic nitrogens is 1. The van der Waals surface area contributed by atoms with Crippen LogP contribution in [0.15, 0.2) is 30.5 Å². The lowest BCUT2D eigenvalue weighted by Gasteiger charge is -2.36. The zero-order valence-electron chi connectivity index (χ0n) is 18.0. The Morgan fingerprint density at radius 2 is 1.90 bits per heavy atom. The largest absolute Gasteiger partial charge is 0.367 e. The van der Waals surface area contributed by atoms with Crippen molar-refractivity contribution in [1.29, 1.82) is 10.8 Å². The molecule has 6 heteroatoms. The number of rotatable bonds is 6. The maximum absolute atomic E-state index is 8.18. The molecule has 5 nitrogen and oxygen atoms in total. The van der Waals surface area contributed by atoms with Gasteiger partial charge >= 0.3 is 0 Å². The van der Waals surface area contributed by atoms with Crippen LogP contribution in [0.5, 0.6) is 0 Å². The Bertz CT molecular complexity index is 871. The predicted molar refractivity (Wildman–Crippen MR) is 127 cm³/mol. The quantitative estimate of drug-likeness (QED) is 0.436. The Labute approximate surface area is 178 Å². The number of anilines is 1. The van der Waals surface area contributed by atoms with Crippen LogP contribution in [0.2, 0.25) is 0 Å². The summed E-state index contributed by atoms with van der Waals surface area (Å²) < 4.78 is 0. The van der Waals surface area contributed by atoms with E-state index in [1.165, 1.54) is 44.2 Å². The van der Waals surface area contributed by atoms with Gasteiger partial charge in [0.1, 0.15) is 10.9 Å². The topological polar surface area (TPSA) is 75.9 Å². The minimum atomic E-state index is 0.388. The Kier molecular flexibility index (Phi) is 7.30. The van der Waals surface area contributed by atoms with Gasteiger partial charge in [0, 0.05) is 29.7 Å². The molecule has 0 amide bonds. The Balaban J connectivity index is 1.65. The summed E-state index contributed by atoms with van der Waals surface area (Å²) in [5.74, 6) is 2.30. The number of fused-ring (bicyclic) bond motifs is 1. The van der Waals surface area contributed by atoms with Gasteiger partial charge in [-0.3, -0.25) is 10.8 Å². The lowest BCUT2D eigenvalue weighted by atomic mass is 9.90. The monoisotopic (exact) mass is 411 g/mol. The molecule has 0 radical (unpaired) electrons. The van der Waals surface area contributed by atoms with Crippen molar-refractivity contribution >= 4 is 38.4 Å². The summed E-state index contributed by atoms with van der Waals surface area (Å²) in [6, 6.07) is 8.43. The average molecular weight is 412 g/mol. The van der Waals surface area contributed by atoms with Crippen LogP contribution in [0.3, 0.4) is 0 Å². The van der Waals surface area contributed by atoms with Gasteiger partial charge in [0.15, 0.2) is 0 Å². The number of likely N-dealkylation sites (tertiary alicyclic amines) is 1. The number of pyridine rings is 1. The molecular weight excluding hydrogens is 378 g/mol. The molecule has 0 saturated carbocycles. The van der Waals surface area contributed by atoms with Crippen molar-refractivity contribution in [2.24, 2.45) is 11.8 Å². The van der Waals surface area contributed by atoms with Crippen LogP contribution < -0.4 is 5.32 Å². The minimum absolute atomic E-state index is 0.388. The lowest BCUT2D eigenvalue weighted by molar-refractivity contribution is 0.161. The lowest BCUT2D eigenvalue weighted by Crippen LogP contribution is -2.40. The highest BCUT2D eigenvalue weighted by molar-refractivity contribution is 8.26. The summed E-state index contributed by atoms with van der Waals surface area (Å²) in [7, 11) is 0. The first-order valence-electron chi connectivity index (χ1n) is 10.5. The molecule has 0 aliphatic carbocycles. The second kappa shape index (κ2) is 9.72. The van der Waals surface area contributed by atoms with E-state index in [4.69, 9.17) is 10.8 Å². The van der Waals surface area contributed by atoms with Crippen molar-refractivity contribution in [2.75, 3.05) is 25.0 Å². The summed E-state index contributed by atoms with van der Waals surface area (Å²) in [5.41, 5.74) is 0.844. The van der Waals surface area contributed by atoms with Crippen molar-refractivity contribution < 1.29 is 0 Å². The van der Waals surface area contributed by atoms with E-state index < -0.39 is 0 Å². The standard InChI is InChI=1S/C23H33N5S/c1-15(2)14-28-9-7-18(8-10-28)16(3)27-22-12-21-11-19(23(25)29-17(4)24)5-6-20(21)13-26-22/h5-6,11-13,15-16,18,24-25H,7-10,14H2,1-4H3,(H,26,27). The summed E-state index contributed by atoms with van der Waals surface area (Å²) >= 11 is 1.18. The first kappa shape index (κ1) is 21.8. The molecule has 1 aliphatic heterocycles. The van der Waals surface area contributed by atoms with E-state index in [2.05, 4.69) is 42.0 Å². The number of thioether (sulfide) groups is 1. The number of hydrogen-bond donors (Lipinski definition) is 3. The Morgan fingerprint density at radius 3 is 2.55 bits per heavy atom. The minimum Gasteiger partial charge on any atom is -0.367 e. The molecule has 156 valence electrons. The molecule has 0 bridgehead atoms. The third-order valence-corrected chi connectivity index (χ3v) is 6.32. The maximum atomic E-state index is 8.18. The maximum Gasteiger partial charge on any atom is 0.126 e. The number of piperidine rings is 1. The third kappa shape index (κ3) is 6.03. The van der Waals surface area contributed by atoms with Crippen LogP contribution in [-0.4, -0.2) is 45.6 Å². The highest BCUT2D eigenvalue weighted by Gasteiger charge is 2.24. The molecule has 0 spiro atoms. The summed E-state index contributed by atoms with van der Waals surface area (Å²) in [6.45, 7) is 12.1. The van der Waals surface area contributed by atoms with Gasteiger partial charge in [-0.05, 0) is 69.1 Å². The van der Waals surface area contributed by atoms with Crippen molar-refractivity contribution in [3.63, 3.8) is 0 Å². The number of benzene rings is 1. The number of nitrogens with zero attached hydrogens (tertiary/aromatic N) is 2. The molecule has 2 heterocycles. The molecule has 1 saturated heterocycles. The Hall–Kier alpha value is -1.92. The van der Waals surface area contributed by atoms with Crippen LogP contribution in [0.4, 0.5) is 5.82 Å². The fraction of sp³-hybridized carbons (Fsp3) is 0.522. The number of hydrogen-bond acceptors (Lipinski definition) is 6. The average Bonchev–Trinajstić information content (AvgIpc) is 2.67. The predicted octanol–water partition coefficient (Wildman–Crippen LogP) is 5.46. The van der Waals surface area contributed by atoms with E-state index >= 15 is 0 Å². The van der Waals surface area contributed by atoms with Crippen molar-refractivity contribution in [1.82, 2.24) is 9.88 Å². The van der Waals surface area contributed by atoms with Gasteiger partial charge in [0.25, 0.3) is 0 Å². The van der Waals surface area contributed by atoms with E-state index in [0.717, 1.165) is 28.1 Å². The first-order valence-corrected chi connectivity index (χ1v) is 11.3. The van der Waals surface area contributed by atoms with Crippen LogP contribution in [-0.2, 0) is 0 Å². The van der Waals surface area contributed by atoms with Gasteiger partial charge in [-0.1, -0.05) is 37.7 Å². The SMILES string of the molecule is CC(=N)SC(=N)c1ccc2cnc(NC(C)C3CCN(CC(C)C)CC3)cc2c1. The molecule has 3 rings (SSSR count). The number of nitrogens with one attached hydrogen (secondary N) is 3. The summed E-state index contributed by atoms with van der Waals surface area (Å²) in [6.07, 6.45) is 4.37. The molecule has 1 unspecified atom stereocenters. The van der Waals surface area contributed by atoms with Gasteiger partial charge in [-0.2, -0.15) is 0 Å².